The van der Waals surface area contributed by atoms with Gasteiger partial charge in [-0.3, -0.25) is 0 Å². The molecule has 2 heterocycles. The summed E-state index contributed by atoms with van der Waals surface area (Å²) < 4.78 is 6.63. The lowest BCUT2D eigenvalue weighted by molar-refractivity contribution is 0.133. The highest BCUT2D eigenvalue weighted by Crippen LogP contribution is 2.51. The van der Waals surface area contributed by atoms with E-state index in [4.69, 9.17) is 16.3 Å². The maximum atomic E-state index is 6.63. The minimum atomic E-state index is -0.101. The van der Waals surface area contributed by atoms with Crippen molar-refractivity contribution in [1.82, 2.24) is 4.98 Å². The van der Waals surface area contributed by atoms with Crippen molar-refractivity contribution in [3.8, 4) is 5.75 Å². The summed E-state index contributed by atoms with van der Waals surface area (Å²) in [5.74, 6) is 1.44. The summed E-state index contributed by atoms with van der Waals surface area (Å²) in [6.45, 7) is 4.47. The third kappa shape index (κ3) is 2.71. The van der Waals surface area contributed by atoms with Gasteiger partial charge in [-0.2, -0.15) is 0 Å². The zero-order chi connectivity index (χ0) is 19.3. The fraction of sp³-hybridized carbons (Fsp3) is 0.200. The molecule has 1 N–H and O–H groups in total. The van der Waals surface area contributed by atoms with E-state index in [2.05, 4.69) is 73.4 Å². The minimum Gasteiger partial charge on any atom is -0.483 e. The zero-order valence-corrected chi connectivity index (χ0v) is 16.7. The smallest absolute Gasteiger partial charge is 0.146 e. The van der Waals surface area contributed by atoms with E-state index in [1.54, 1.807) is 0 Å². The number of aryl methyl sites for hydroxylation is 1. The number of rotatable bonds is 2. The Morgan fingerprint density at radius 2 is 1.71 bits per heavy atom. The Balaban J connectivity index is 1.72. The van der Waals surface area contributed by atoms with Crippen LogP contribution in [0.4, 0.5) is 0 Å². The molecule has 2 nitrogen and oxygen atoms in total. The fourth-order valence-electron chi connectivity index (χ4n) is 4.63. The zero-order valence-electron chi connectivity index (χ0n) is 15.9. The number of para-hydroxylation sites is 2. The molecule has 1 aliphatic heterocycles. The molecule has 1 aliphatic rings. The van der Waals surface area contributed by atoms with Crippen LogP contribution in [0, 0.1) is 6.92 Å². The van der Waals surface area contributed by atoms with E-state index < -0.39 is 0 Å². The molecule has 3 heteroatoms. The second kappa shape index (κ2) is 6.72. The molecule has 0 spiro atoms. The summed E-state index contributed by atoms with van der Waals surface area (Å²) in [6, 6.07) is 25.0. The number of halogens is 1. The Labute approximate surface area is 170 Å². The van der Waals surface area contributed by atoms with Crippen molar-refractivity contribution < 1.29 is 4.74 Å². The van der Waals surface area contributed by atoms with Gasteiger partial charge in [0.25, 0.3) is 0 Å². The molecule has 0 bridgehead atoms. The summed E-state index contributed by atoms with van der Waals surface area (Å²) in [6.07, 6.45) is -0.101. The van der Waals surface area contributed by atoms with Gasteiger partial charge in [0.15, 0.2) is 0 Å². The summed E-state index contributed by atoms with van der Waals surface area (Å²) in [5, 5.41) is 2.01. The monoisotopic (exact) mass is 387 g/mol. The maximum absolute atomic E-state index is 6.63. The second-order valence-electron chi connectivity index (χ2n) is 7.66. The third-order valence-corrected chi connectivity index (χ3v) is 6.29. The van der Waals surface area contributed by atoms with Gasteiger partial charge in [0, 0.05) is 21.8 Å². The molecule has 0 aliphatic carbocycles. The minimum absolute atomic E-state index is 0.101. The molecule has 0 radical (unpaired) electrons. The van der Waals surface area contributed by atoms with Crippen LogP contribution < -0.4 is 4.74 Å². The van der Waals surface area contributed by atoms with Crippen molar-refractivity contribution in [1.29, 1.82) is 0 Å². The van der Waals surface area contributed by atoms with E-state index in [9.17, 15) is 0 Å². The fourth-order valence-corrected chi connectivity index (χ4v) is 4.83. The molecule has 140 valence electrons. The summed E-state index contributed by atoms with van der Waals surface area (Å²) in [5.41, 5.74) is 6.00. The molecule has 0 saturated carbocycles. The van der Waals surface area contributed by atoms with E-state index in [0.717, 1.165) is 22.0 Å². The van der Waals surface area contributed by atoms with Crippen LogP contribution >= 0.6 is 11.6 Å². The average molecular weight is 388 g/mol. The van der Waals surface area contributed by atoms with Gasteiger partial charge in [-0.1, -0.05) is 67.1 Å². The van der Waals surface area contributed by atoms with Crippen molar-refractivity contribution in [2.45, 2.75) is 31.8 Å². The highest BCUT2D eigenvalue weighted by atomic mass is 35.5. The van der Waals surface area contributed by atoms with Crippen LogP contribution in [0.15, 0.2) is 72.8 Å². The van der Waals surface area contributed by atoms with E-state index in [1.807, 2.05) is 18.2 Å². The highest BCUT2D eigenvalue weighted by molar-refractivity contribution is 6.30. The topological polar surface area (TPSA) is 25.0 Å². The third-order valence-electron chi connectivity index (χ3n) is 6.05. The first kappa shape index (κ1) is 17.4. The quantitative estimate of drug-likeness (QED) is 0.388. The summed E-state index contributed by atoms with van der Waals surface area (Å²) in [7, 11) is 0. The van der Waals surface area contributed by atoms with E-state index in [0.29, 0.717) is 5.92 Å². The second-order valence-corrected chi connectivity index (χ2v) is 8.09. The van der Waals surface area contributed by atoms with Gasteiger partial charge in [-0.15, -0.1) is 0 Å². The van der Waals surface area contributed by atoms with Crippen molar-refractivity contribution in [2.75, 3.05) is 0 Å². The Morgan fingerprint density at radius 1 is 0.929 bits per heavy atom. The largest absolute Gasteiger partial charge is 0.483 e. The molecule has 3 atom stereocenters. The number of aromatic amines is 1. The Bertz CT molecular complexity index is 1160. The number of fused-ring (bicyclic) bond motifs is 2. The van der Waals surface area contributed by atoms with Crippen molar-refractivity contribution in [3.05, 3.63) is 100 Å². The molecule has 0 fully saturated rings. The number of aromatic nitrogens is 1. The van der Waals surface area contributed by atoms with Gasteiger partial charge in [-0.05, 0) is 53.8 Å². The molecule has 3 aromatic carbocycles. The lowest BCUT2D eigenvalue weighted by Crippen LogP contribution is -2.28. The molecule has 5 rings (SSSR count). The van der Waals surface area contributed by atoms with Gasteiger partial charge in [-0.25, -0.2) is 0 Å². The van der Waals surface area contributed by atoms with Gasteiger partial charge in [0.05, 0.1) is 5.69 Å². The molecular formula is C25H22ClNO. The standard InChI is InChI=1S/C25H22ClNO/c1-15-20-11-4-6-13-22(20)28-25(23(15)17-8-7-9-18(26)14-17)24-16(2)19-10-3-5-12-21(19)27-24/h3-15,23,25,27H,1-2H3/t15-,23+,25-/m1/s1. The van der Waals surface area contributed by atoms with Crippen LogP contribution in [0.2, 0.25) is 5.02 Å². The van der Waals surface area contributed by atoms with Crippen LogP contribution in [-0.4, -0.2) is 4.98 Å². The summed E-state index contributed by atoms with van der Waals surface area (Å²) >= 11 is 6.35. The number of H-pyrrole nitrogens is 1. The molecule has 0 unspecified atom stereocenters. The highest BCUT2D eigenvalue weighted by Gasteiger charge is 2.39. The average Bonchev–Trinajstić information content (AvgIpc) is 3.05. The normalized spacial score (nSPS) is 21.3. The molecule has 4 aromatic rings. The SMILES string of the molecule is Cc1c([C@@H]2Oc3ccccc3[C@@H](C)[C@H]2c2cccc(Cl)c2)[nH]c2ccccc12. The number of nitrogens with one attached hydrogen (secondary N) is 1. The Hall–Kier alpha value is -2.71. The predicted octanol–water partition coefficient (Wildman–Crippen LogP) is 7.15. The first-order valence-corrected chi connectivity index (χ1v) is 10.1. The Morgan fingerprint density at radius 3 is 2.54 bits per heavy atom. The first-order valence-electron chi connectivity index (χ1n) is 9.71. The van der Waals surface area contributed by atoms with E-state index in [-0.39, 0.29) is 12.0 Å². The molecule has 0 saturated heterocycles. The van der Waals surface area contributed by atoms with Crippen LogP contribution in [0.3, 0.4) is 0 Å². The Kier molecular flexibility index (Phi) is 4.17. The van der Waals surface area contributed by atoms with Crippen LogP contribution in [0.25, 0.3) is 10.9 Å². The van der Waals surface area contributed by atoms with Gasteiger partial charge < -0.3 is 9.72 Å². The maximum Gasteiger partial charge on any atom is 0.146 e. The van der Waals surface area contributed by atoms with Crippen LogP contribution in [0.5, 0.6) is 5.75 Å². The number of benzene rings is 3. The summed E-state index contributed by atoms with van der Waals surface area (Å²) in [4.78, 5) is 3.64. The van der Waals surface area contributed by atoms with E-state index >= 15 is 0 Å². The van der Waals surface area contributed by atoms with Gasteiger partial charge in [0.1, 0.15) is 11.9 Å². The molecule has 28 heavy (non-hydrogen) atoms. The molecular weight excluding hydrogens is 366 g/mol. The lowest BCUT2D eigenvalue weighted by atomic mass is 9.75. The van der Waals surface area contributed by atoms with Crippen molar-refractivity contribution in [2.24, 2.45) is 0 Å². The van der Waals surface area contributed by atoms with Crippen LogP contribution in [-0.2, 0) is 0 Å². The van der Waals surface area contributed by atoms with Crippen molar-refractivity contribution in [3.63, 3.8) is 0 Å². The molecule has 0 amide bonds. The number of hydrogen-bond acceptors (Lipinski definition) is 1. The number of hydrogen-bond donors (Lipinski definition) is 1. The van der Waals surface area contributed by atoms with Crippen LogP contribution in [0.1, 0.15) is 47.2 Å². The number of ether oxygens (including phenoxy) is 1. The molecule has 1 aromatic heterocycles. The lowest BCUT2D eigenvalue weighted by Gasteiger charge is -2.38. The van der Waals surface area contributed by atoms with Gasteiger partial charge >= 0.3 is 0 Å². The van der Waals surface area contributed by atoms with E-state index in [1.165, 1.54) is 22.1 Å². The van der Waals surface area contributed by atoms with Crippen molar-refractivity contribution >= 4 is 22.5 Å². The van der Waals surface area contributed by atoms with Gasteiger partial charge in [0.2, 0.25) is 0 Å². The first-order chi connectivity index (χ1) is 13.6. The predicted molar refractivity (Wildman–Crippen MR) is 115 cm³/mol.